The van der Waals surface area contributed by atoms with E-state index in [2.05, 4.69) is 20.6 Å². The van der Waals surface area contributed by atoms with Crippen LogP contribution in [0, 0.1) is 5.82 Å². The normalized spacial score (nSPS) is 18.5. The zero-order valence-electron chi connectivity index (χ0n) is 15.1. The first-order valence-corrected chi connectivity index (χ1v) is 9.54. The van der Waals surface area contributed by atoms with E-state index >= 15 is 0 Å². The molecule has 0 bridgehead atoms. The highest BCUT2D eigenvalue weighted by Gasteiger charge is 2.30. The first-order valence-electron chi connectivity index (χ1n) is 9.16. The van der Waals surface area contributed by atoms with Crippen LogP contribution in [0.4, 0.5) is 4.39 Å². The van der Waals surface area contributed by atoms with Gasteiger partial charge < -0.3 is 15.6 Å². The maximum atomic E-state index is 13.4. The molecule has 1 aliphatic carbocycles. The van der Waals surface area contributed by atoms with Crippen LogP contribution in [0.3, 0.4) is 0 Å². The van der Waals surface area contributed by atoms with Crippen molar-refractivity contribution in [3.8, 4) is 11.4 Å². The van der Waals surface area contributed by atoms with Gasteiger partial charge in [-0.15, -0.1) is 0 Å². The molecule has 0 atom stereocenters. The number of halogens is 2. The quantitative estimate of drug-likeness (QED) is 0.589. The van der Waals surface area contributed by atoms with Gasteiger partial charge >= 0.3 is 0 Å². The van der Waals surface area contributed by atoms with E-state index in [0.29, 0.717) is 12.6 Å². The van der Waals surface area contributed by atoms with Gasteiger partial charge in [-0.1, -0.05) is 41.9 Å². The molecule has 3 aromatic rings. The fourth-order valence-corrected chi connectivity index (χ4v) is 3.52. The smallest absolute Gasteiger partial charge is 0.251 e. The first-order chi connectivity index (χ1) is 13.6. The minimum Gasteiger partial charge on any atom is -0.349 e. The van der Waals surface area contributed by atoms with E-state index in [4.69, 9.17) is 11.6 Å². The summed E-state index contributed by atoms with van der Waals surface area (Å²) < 4.78 is 13.4. The predicted molar refractivity (Wildman–Crippen MR) is 107 cm³/mol. The van der Waals surface area contributed by atoms with Crippen molar-refractivity contribution < 1.29 is 9.18 Å². The summed E-state index contributed by atoms with van der Waals surface area (Å²) >= 11 is 5.80. The second-order valence-corrected chi connectivity index (χ2v) is 7.44. The Labute approximate surface area is 167 Å². The molecule has 0 spiro atoms. The number of hydrogen-bond acceptors (Lipinski definition) is 3. The lowest BCUT2D eigenvalue weighted by Crippen LogP contribution is -2.52. The third-order valence-electron chi connectivity index (χ3n) is 4.85. The number of aromatic nitrogens is 2. The molecule has 0 radical (unpaired) electrons. The summed E-state index contributed by atoms with van der Waals surface area (Å²) in [5.74, 6) is 0.0380. The summed E-state index contributed by atoms with van der Waals surface area (Å²) in [5, 5.41) is 6.59. The molecule has 0 aliphatic heterocycles. The molecular formula is C21H20ClFN4O. The topological polar surface area (TPSA) is 69.8 Å². The zero-order valence-corrected chi connectivity index (χ0v) is 15.8. The molecule has 1 heterocycles. The van der Waals surface area contributed by atoms with Gasteiger partial charge in [-0.3, -0.25) is 4.79 Å². The van der Waals surface area contributed by atoms with Crippen LogP contribution in [0.2, 0.25) is 5.02 Å². The maximum absolute atomic E-state index is 13.4. The van der Waals surface area contributed by atoms with E-state index in [1.54, 1.807) is 0 Å². The summed E-state index contributed by atoms with van der Waals surface area (Å²) in [6, 6.07) is 14.2. The number of aromatic amines is 1. The number of carbonyl (C=O) groups excluding carboxylic acids is 1. The molecule has 7 heteroatoms. The van der Waals surface area contributed by atoms with Gasteiger partial charge in [0.2, 0.25) is 0 Å². The van der Waals surface area contributed by atoms with Gasteiger partial charge in [0, 0.05) is 46.7 Å². The molecule has 1 saturated carbocycles. The molecule has 4 rings (SSSR count). The van der Waals surface area contributed by atoms with E-state index in [1.165, 1.54) is 18.2 Å². The number of rotatable bonds is 6. The van der Waals surface area contributed by atoms with E-state index in [9.17, 15) is 9.18 Å². The minimum atomic E-state index is -0.514. The summed E-state index contributed by atoms with van der Waals surface area (Å²) in [6.07, 6.45) is 3.49. The largest absolute Gasteiger partial charge is 0.349 e. The van der Waals surface area contributed by atoms with Crippen LogP contribution in [-0.4, -0.2) is 28.0 Å². The lowest BCUT2D eigenvalue weighted by Gasteiger charge is -2.36. The summed E-state index contributed by atoms with van der Waals surface area (Å²) in [6.45, 7) is 0.685. The first kappa shape index (κ1) is 18.7. The summed E-state index contributed by atoms with van der Waals surface area (Å²) in [5.41, 5.74) is 2.31. The minimum absolute atomic E-state index is 0.0775. The number of nitrogens with one attached hydrogen (secondary N) is 3. The van der Waals surface area contributed by atoms with Crippen molar-refractivity contribution in [1.29, 1.82) is 0 Å². The Kier molecular flexibility index (Phi) is 5.41. The van der Waals surface area contributed by atoms with Crippen molar-refractivity contribution in [2.75, 3.05) is 0 Å². The van der Waals surface area contributed by atoms with Crippen molar-refractivity contribution in [3.63, 3.8) is 0 Å². The summed E-state index contributed by atoms with van der Waals surface area (Å²) in [7, 11) is 0. The fourth-order valence-electron chi connectivity index (χ4n) is 3.30. The number of nitrogens with zero attached hydrogens (tertiary/aromatic N) is 1. The molecule has 3 N–H and O–H groups in total. The Hall–Kier alpha value is -2.70. The highest BCUT2D eigenvalue weighted by molar-refractivity contribution is 6.31. The molecule has 2 aromatic carbocycles. The Morgan fingerprint density at radius 3 is 2.71 bits per heavy atom. The predicted octanol–water partition coefficient (Wildman–Crippen LogP) is 3.92. The SMILES string of the molecule is O=C(N[C@H]1C[C@H](NCc2cnc(-c3ccccc3)[nH]2)C1)c1cc(F)cc(Cl)c1. The number of H-pyrrole nitrogens is 1. The number of hydrogen-bond donors (Lipinski definition) is 3. The van der Waals surface area contributed by atoms with Gasteiger partial charge in [0.1, 0.15) is 11.6 Å². The van der Waals surface area contributed by atoms with Gasteiger partial charge in [0.05, 0.1) is 0 Å². The third-order valence-corrected chi connectivity index (χ3v) is 5.07. The van der Waals surface area contributed by atoms with Crippen LogP contribution in [-0.2, 0) is 6.54 Å². The maximum Gasteiger partial charge on any atom is 0.251 e. The molecule has 5 nitrogen and oxygen atoms in total. The molecule has 1 amide bonds. The van der Waals surface area contributed by atoms with E-state index in [1.807, 2.05) is 36.5 Å². The van der Waals surface area contributed by atoms with Gasteiger partial charge in [-0.2, -0.15) is 0 Å². The van der Waals surface area contributed by atoms with E-state index in [0.717, 1.165) is 29.9 Å². The van der Waals surface area contributed by atoms with Gasteiger partial charge in [-0.25, -0.2) is 9.37 Å². The zero-order chi connectivity index (χ0) is 19.5. The Morgan fingerprint density at radius 1 is 1.18 bits per heavy atom. The standard InChI is InChI=1S/C21H20ClFN4O/c22-15-6-14(7-16(23)8-15)21(28)27-18-9-17(10-18)24-11-19-12-25-20(26-19)13-4-2-1-3-5-13/h1-8,12,17-18,24H,9-11H2,(H,25,26)(H,27,28)/t17-,18-. The number of imidazole rings is 1. The number of benzene rings is 2. The number of carbonyl (C=O) groups is 1. The summed E-state index contributed by atoms with van der Waals surface area (Å²) in [4.78, 5) is 19.9. The van der Waals surface area contributed by atoms with Gasteiger partial charge in [0.25, 0.3) is 5.91 Å². The molecule has 0 unspecified atom stereocenters. The molecule has 144 valence electrons. The average Bonchev–Trinajstić information content (AvgIpc) is 3.12. The van der Waals surface area contributed by atoms with Crippen LogP contribution < -0.4 is 10.6 Å². The Bertz CT molecular complexity index is 949. The van der Waals surface area contributed by atoms with Crippen LogP contribution in [0.1, 0.15) is 28.9 Å². The Morgan fingerprint density at radius 2 is 1.96 bits per heavy atom. The average molecular weight is 399 g/mol. The third kappa shape index (κ3) is 4.40. The molecule has 0 saturated heterocycles. The highest BCUT2D eigenvalue weighted by atomic mass is 35.5. The monoisotopic (exact) mass is 398 g/mol. The van der Waals surface area contributed by atoms with Crippen molar-refractivity contribution in [1.82, 2.24) is 20.6 Å². The fraction of sp³-hybridized carbons (Fsp3) is 0.238. The van der Waals surface area contributed by atoms with Crippen molar-refractivity contribution in [2.45, 2.75) is 31.5 Å². The van der Waals surface area contributed by atoms with Crippen LogP contribution in [0.25, 0.3) is 11.4 Å². The molecule has 1 fully saturated rings. The van der Waals surface area contributed by atoms with E-state index in [-0.39, 0.29) is 22.5 Å². The molecule has 1 aliphatic rings. The van der Waals surface area contributed by atoms with Crippen LogP contribution >= 0.6 is 11.6 Å². The molecule has 28 heavy (non-hydrogen) atoms. The second kappa shape index (κ2) is 8.12. The van der Waals surface area contributed by atoms with Gasteiger partial charge in [0.15, 0.2) is 0 Å². The van der Waals surface area contributed by atoms with Crippen molar-refractivity contribution in [2.24, 2.45) is 0 Å². The Balaban J connectivity index is 1.23. The lowest BCUT2D eigenvalue weighted by molar-refractivity contribution is 0.0901. The number of amides is 1. The van der Waals surface area contributed by atoms with Crippen LogP contribution in [0.15, 0.2) is 54.7 Å². The van der Waals surface area contributed by atoms with Crippen molar-refractivity contribution in [3.05, 3.63) is 76.8 Å². The molecular weight excluding hydrogens is 379 g/mol. The highest BCUT2D eigenvalue weighted by Crippen LogP contribution is 2.22. The second-order valence-electron chi connectivity index (χ2n) is 7.00. The van der Waals surface area contributed by atoms with Crippen LogP contribution in [0.5, 0.6) is 0 Å². The molecule has 1 aromatic heterocycles. The van der Waals surface area contributed by atoms with Gasteiger partial charge in [-0.05, 0) is 31.0 Å². The van der Waals surface area contributed by atoms with E-state index < -0.39 is 5.82 Å². The lowest BCUT2D eigenvalue weighted by atomic mass is 9.86. The van der Waals surface area contributed by atoms with Crippen molar-refractivity contribution >= 4 is 17.5 Å².